The Morgan fingerprint density at radius 2 is 1.87 bits per heavy atom. The molecule has 0 radical (unpaired) electrons. The molecule has 2 heterocycles. The van der Waals surface area contributed by atoms with Crippen molar-refractivity contribution in [3.05, 3.63) is 70.4 Å². The first-order chi connectivity index (χ1) is 15.0. The third-order valence-corrected chi connectivity index (χ3v) is 5.17. The minimum atomic E-state index is -0.791. The average Bonchev–Trinajstić information content (AvgIpc) is 3.11. The molecule has 0 saturated heterocycles. The van der Waals surface area contributed by atoms with Gasteiger partial charge in [0.2, 0.25) is 5.88 Å². The van der Waals surface area contributed by atoms with Crippen LogP contribution in [-0.2, 0) is 22.5 Å². The SMILES string of the molecule is COCc1c(OC(=O)OC(C)C)ncc2[nH]c3cccc(Cc4ccc(Cl)cc4)c3c12. The molecule has 31 heavy (non-hydrogen) atoms. The lowest BCUT2D eigenvalue weighted by Gasteiger charge is -2.12. The maximum Gasteiger partial charge on any atom is 0.515 e. The van der Waals surface area contributed by atoms with Gasteiger partial charge in [0.15, 0.2) is 0 Å². The van der Waals surface area contributed by atoms with Gasteiger partial charge in [-0.15, -0.1) is 0 Å². The number of aromatic amines is 1. The van der Waals surface area contributed by atoms with Crippen molar-refractivity contribution in [1.82, 2.24) is 9.97 Å². The summed E-state index contributed by atoms with van der Waals surface area (Å²) in [6, 6.07) is 13.9. The van der Waals surface area contributed by atoms with Crippen LogP contribution in [0.1, 0.15) is 30.5 Å². The van der Waals surface area contributed by atoms with Crippen molar-refractivity contribution in [2.45, 2.75) is 33.0 Å². The van der Waals surface area contributed by atoms with Crippen molar-refractivity contribution in [1.29, 1.82) is 0 Å². The van der Waals surface area contributed by atoms with E-state index < -0.39 is 6.16 Å². The first-order valence-electron chi connectivity index (χ1n) is 9.99. The normalized spacial score (nSPS) is 11.4. The van der Waals surface area contributed by atoms with Gasteiger partial charge in [-0.2, -0.15) is 0 Å². The van der Waals surface area contributed by atoms with Crippen LogP contribution in [-0.4, -0.2) is 29.3 Å². The Balaban J connectivity index is 1.86. The Labute approximate surface area is 185 Å². The lowest BCUT2D eigenvalue weighted by molar-refractivity contribution is 0.0705. The van der Waals surface area contributed by atoms with Gasteiger partial charge in [0, 0.05) is 28.4 Å². The summed E-state index contributed by atoms with van der Waals surface area (Å²) >= 11 is 6.04. The molecule has 0 amide bonds. The van der Waals surface area contributed by atoms with Crippen LogP contribution in [0.25, 0.3) is 21.8 Å². The molecule has 0 spiro atoms. The van der Waals surface area contributed by atoms with Gasteiger partial charge in [0.05, 0.1) is 30.0 Å². The molecule has 4 aromatic rings. The van der Waals surface area contributed by atoms with Gasteiger partial charge < -0.3 is 19.2 Å². The van der Waals surface area contributed by atoms with Gasteiger partial charge in [0.25, 0.3) is 0 Å². The number of rotatable bonds is 6. The number of carbonyl (C=O) groups excluding carboxylic acids is 1. The highest BCUT2D eigenvalue weighted by molar-refractivity contribution is 6.30. The fourth-order valence-corrected chi connectivity index (χ4v) is 3.82. The number of ether oxygens (including phenoxy) is 3. The number of carbonyl (C=O) groups is 1. The zero-order valence-corrected chi connectivity index (χ0v) is 18.3. The van der Waals surface area contributed by atoms with Crippen LogP contribution in [0.3, 0.4) is 0 Å². The number of H-pyrrole nitrogens is 1. The fourth-order valence-electron chi connectivity index (χ4n) is 3.69. The van der Waals surface area contributed by atoms with E-state index in [0.717, 1.165) is 39.4 Å². The predicted molar refractivity (Wildman–Crippen MR) is 121 cm³/mol. The van der Waals surface area contributed by atoms with Crippen LogP contribution in [0.2, 0.25) is 5.02 Å². The van der Waals surface area contributed by atoms with E-state index >= 15 is 0 Å². The van der Waals surface area contributed by atoms with Crippen LogP contribution in [0.5, 0.6) is 5.88 Å². The first-order valence-corrected chi connectivity index (χ1v) is 10.4. The topological polar surface area (TPSA) is 73.4 Å². The van der Waals surface area contributed by atoms with E-state index in [4.69, 9.17) is 25.8 Å². The molecule has 0 unspecified atom stereocenters. The van der Waals surface area contributed by atoms with E-state index in [9.17, 15) is 4.79 Å². The molecule has 6 nitrogen and oxygen atoms in total. The number of nitrogens with one attached hydrogen (secondary N) is 1. The highest BCUT2D eigenvalue weighted by atomic mass is 35.5. The van der Waals surface area contributed by atoms with Crippen LogP contribution in [0, 0.1) is 0 Å². The van der Waals surface area contributed by atoms with E-state index in [1.54, 1.807) is 27.2 Å². The number of hydrogen-bond acceptors (Lipinski definition) is 5. The van der Waals surface area contributed by atoms with Crippen molar-refractivity contribution < 1.29 is 19.0 Å². The molecule has 0 aliphatic rings. The van der Waals surface area contributed by atoms with Gasteiger partial charge in [-0.25, -0.2) is 9.78 Å². The van der Waals surface area contributed by atoms with Crippen molar-refractivity contribution in [3.8, 4) is 5.88 Å². The Morgan fingerprint density at radius 3 is 2.58 bits per heavy atom. The number of fused-ring (bicyclic) bond motifs is 3. The van der Waals surface area contributed by atoms with Crippen LogP contribution in [0.15, 0.2) is 48.7 Å². The second kappa shape index (κ2) is 8.96. The molecule has 160 valence electrons. The molecule has 4 rings (SSSR count). The number of benzene rings is 2. The Morgan fingerprint density at radius 1 is 1.10 bits per heavy atom. The Bertz CT molecular complexity index is 1230. The Hall–Kier alpha value is -3.09. The lowest BCUT2D eigenvalue weighted by atomic mass is 9.98. The number of methoxy groups -OCH3 is 1. The smallest absolute Gasteiger partial charge is 0.431 e. The van der Waals surface area contributed by atoms with E-state index in [0.29, 0.717) is 10.6 Å². The van der Waals surface area contributed by atoms with Crippen molar-refractivity contribution in [2.24, 2.45) is 0 Å². The highest BCUT2D eigenvalue weighted by Gasteiger charge is 2.20. The molecular formula is C24H23ClN2O4. The maximum absolute atomic E-state index is 12.1. The van der Waals surface area contributed by atoms with Crippen LogP contribution < -0.4 is 4.74 Å². The maximum atomic E-state index is 12.1. The molecule has 0 fully saturated rings. The molecule has 1 N–H and O–H groups in total. The molecule has 0 aliphatic carbocycles. The summed E-state index contributed by atoms with van der Waals surface area (Å²) in [7, 11) is 1.60. The van der Waals surface area contributed by atoms with Gasteiger partial charge in [-0.3, -0.25) is 0 Å². The van der Waals surface area contributed by atoms with Gasteiger partial charge in [-0.1, -0.05) is 35.9 Å². The number of hydrogen-bond donors (Lipinski definition) is 1. The number of nitrogens with zero attached hydrogens (tertiary/aromatic N) is 1. The molecule has 0 atom stereocenters. The summed E-state index contributed by atoms with van der Waals surface area (Å²) in [5.74, 6) is 0.183. The van der Waals surface area contributed by atoms with Gasteiger partial charge >= 0.3 is 6.16 Å². The number of aromatic nitrogens is 2. The van der Waals surface area contributed by atoms with Crippen LogP contribution in [0.4, 0.5) is 4.79 Å². The second-order valence-corrected chi connectivity index (χ2v) is 7.99. The fraction of sp³-hybridized carbons (Fsp3) is 0.250. The second-order valence-electron chi connectivity index (χ2n) is 7.55. The predicted octanol–water partition coefficient (Wildman–Crippen LogP) is 6.03. The molecule has 0 saturated carbocycles. The minimum Gasteiger partial charge on any atom is -0.431 e. The summed E-state index contributed by atoms with van der Waals surface area (Å²) in [4.78, 5) is 19.9. The van der Waals surface area contributed by atoms with E-state index in [1.165, 1.54) is 0 Å². The molecule has 0 bridgehead atoms. The largest absolute Gasteiger partial charge is 0.515 e. The van der Waals surface area contributed by atoms with E-state index in [1.807, 2.05) is 36.4 Å². The van der Waals surface area contributed by atoms with Gasteiger partial charge in [0.1, 0.15) is 0 Å². The van der Waals surface area contributed by atoms with E-state index in [-0.39, 0.29) is 18.6 Å². The minimum absolute atomic E-state index is 0.183. The quantitative estimate of drug-likeness (QED) is 0.372. The number of pyridine rings is 1. The van der Waals surface area contributed by atoms with Crippen molar-refractivity contribution in [3.63, 3.8) is 0 Å². The third-order valence-electron chi connectivity index (χ3n) is 4.92. The standard InChI is InChI=1S/C24H23ClN2O4/c1-14(2)30-24(28)31-23-18(13-29-3)22-20(12-26-23)27-19-6-4-5-16(21(19)22)11-15-7-9-17(25)10-8-15/h4-10,12,14,27H,11,13H2,1-3H3. The van der Waals surface area contributed by atoms with Crippen LogP contribution >= 0.6 is 11.6 Å². The molecule has 2 aromatic carbocycles. The summed E-state index contributed by atoms with van der Waals surface area (Å²) < 4.78 is 16.0. The Kier molecular flexibility index (Phi) is 6.11. The lowest BCUT2D eigenvalue weighted by Crippen LogP contribution is -2.17. The molecule has 2 aromatic heterocycles. The average molecular weight is 439 g/mol. The monoisotopic (exact) mass is 438 g/mol. The zero-order chi connectivity index (χ0) is 22.0. The highest BCUT2D eigenvalue weighted by Crippen LogP contribution is 2.36. The summed E-state index contributed by atoms with van der Waals surface area (Å²) in [6.45, 7) is 3.75. The number of halogens is 1. The van der Waals surface area contributed by atoms with Crippen molar-refractivity contribution in [2.75, 3.05) is 7.11 Å². The molecule has 7 heteroatoms. The third kappa shape index (κ3) is 4.50. The zero-order valence-electron chi connectivity index (χ0n) is 17.6. The molecular weight excluding hydrogens is 416 g/mol. The van der Waals surface area contributed by atoms with Gasteiger partial charge in [-0.05, 0) is 49.6 Å². The van der Waals surface area contributed by atoms with Crippen molar-refractivity contribution >= 4 is 39.6 Å². The summed E-state index contributed by atoms with van der Waals surface area (Å²) in [6.07, 6.45) is 1.31. The summed E-state index contributed by atoms with van der Waals surface area (Å²) in [5, 5.41) is 2.67. The first kappa shape index (κ1) is 21.2. The van der Waals surface area contributed by atoms with E-state index in [2.05, 4.69) is 16.0 Å². The summed E-state index contributed by atoms with van der Waals surface area (Å²) in [5.41, 5.74) is 4.78. The molecule has 0 aliphatic heterocycles.